The van der Waals surface area contributed by atoms with E-state index in [9.17, 15) is 13.2 Å². The lowest BCUT2D eigenvalue weighted by Crippen LogP contribution is -2.50. The molecule has 0 radical (unpaired) electrons. The zero-order valence-corrected chi connectivity index (χ0v) is 17.8. The molecule has 31 heavy (non-hydrogen) atoms. The van der Waals surface area contributed by atoms with Crippen LogP contribution in [0.1, 0.15) is 27.9 Å². The first-order valence-corrected chi connectivity index (χ1v) is 11.8. The predicted octanol–water partition coefficient (Wildman–Crippen LogP) is 1.90. The van der Waals surface area contributed by atoms with E-state index in [0.29, 0.717) is 36.6 Å². The second kappa shape index (κ2) is 7.90. The van der Waals surface area contributed by atoms with Crippen LogP contribution >= 0.6 is 0 Å². The third-order valence-corrected chi connectivity index (χ3v) is 7.93. The molecule has 8 nitrogen and oxygen atoms in total. The number of amides is 1. The van der Waals surface area contributed by atoms with Gasteiger partial charge in [-0.1, -0.05) is 6.07 Å². The zero-order valence-electron chi connectivity index (χ0n) is 17.0. The predicted molar refractivity (Wildman–Crippen MR) is 114 cm³/mol. The summed E-state index contributed by atoms with van der Waals surface area (Å²) in [6, 6.07) is 12.6. The summed E-state index contributed by atoms with van der Waals surface area (Å²) in [6.45, 7) is 1.33. The van der Waals surface area contributed by atoms with Gasteiger partial charge >= 0.3 is 0 Å². The van der Waals surface area contributed by atoms with E-state index in [2.05, 4.69) is 10.1 Å². The molecule has 2 aliphatic rings. The number of hydrogen-bond donors (Lipinski definition) is 0. The number of sulfonamides is 1. The highest BCUT2D eigenvalue weighted by Crippen LogP contribution is 2.27. The summed E-state index contributed by atoms with van der Waals surface area (Å²) in [5.74, 6) is -0.0975. The maximum Gasteiger partial charge on any atom is 0.253 e. The molecule has 1 aliphatic carbocycles. The molecule has 0 saturated carbocycles. The van der Waals surface area contributed by atoms with Gasteiger partial charge in [-0.05, 0) is 66.8 Å². The summed E-state index contributed by atoms with van der Waals surface area (Å²) in [6.07, 6.45) is 6.10. The largest absolute Gasteiger partial charge is 0.336 e. The molecule has 0 spiro atoms. The Balaban J connectivity index is 1.25. The first-order valence-electron chi connectivity index (χ1n) is 10.4. The molecule has 0 N–H and O–H groups in total. The lowest BCUT2D eigenvalue weighted by Gasteiger charge is -2.34. The third kappa shape index (κ3) is 3.75. The van der Waals surface area contributed by atoms with Crippen molar-refractivity contribution in [3.05, 3.63) is 71.8 Å². The van der Waals surface area contributed by atoms with E-state index in [-0.39, 0.29) is 5.91 Å². The van der Waals surface area contributed by atoms with Crippen LogP contribution in [0.5, 0.6) is 0 Å². The van der Waals surface area contributed by atoms with Crippen LogP contribution in [0.2, 0.25) is 0 Å². The highest BCUT2D eigenvalue weighted by molar-refractivity contribution is 7.89. The van der Waals surface area contributed by atoms with Crippen molar-refractivity contribution in [2.24, 2.45) is 0 Å². The summed E-state index contributed by atoms with van der Waals surface area (Å²) >= 11 is 0. The van der Waals surface area contributed by atoms with E-state index >= 15 is 0 Å². The van der Waals surface area contributed by atoms with Gasteiger partial charge in [-0.25, -0.2) is 18.1 Å². The molecule has 0 bridgehead atoms. The number of carbonyl (C=O) groups excluding carboxylic acids is 1. The Hall–Kier alpha value is -3.04. The van der Waals surface area contributed by atoms with Crippen molar-refractivity contribution in [1.29, 1.82) is 0 Å². The molecule has 9 heteroatoms. The third-order valence-electron chi connectivity index (χ3n) is 6.03. The number of aromatic nitrogens is 3. The fraction of sp³-hybridized carbons (Fsp3) is 0.318. The molecular formula is C22H23N5O3S. The normalized spacial score (nSPS) is 17.0. The summed E-state index contributed by atoms with van der Waals surface area (Å²) in [7, 11) is -3.55. The van der Waals surface area contributed by atoms with Crippen LogP contribution < -0.4 is 0 Å². The van der Waals surface area contributed by atoms with Crippen molar-refractivity contribution in [3.63, 3.8) is 0 Å². The van der Waals surface area contributed by atoms with Crippen molar-refractivity contribution < 1.29 is 13.2 Å². The van der Waals surface area contributed by atoms with E-state index in [4.69, 9.17) is 0 Å². The Morgan fingerprint density at radius 3 is 2.35 bits per heavy atom. The van der Waals surface area contributed by atoms with Gasteiger partial charge in [0.05, 0.1) is 10.6 Å². The molecule has 0 atom stereocenters. The molecule has 1 amide bonds. The lowest BCUT2D eigenvalue weighted by molar-refractivity contribution is 0.0698. The van der Waals surface area contributed by atoms with E-state index in [1.165, 1.54) is 16.2 Å². The van der Waals surface area contributed by atoms with E-state index in [0.717, 1.165) is 30.5 Å². The van der Waals surface area contributed by atoms with Gasteiger partial charge in [-0.2, -0.15) is 9.40 Å². The molecule has 1 saturated heterocycles. The Labute approximate surface area is 181 Å². The number of hydrogen-bond acceptors (Lipinski definition) is 5. The van der Waals surface area contributed by atoms with E-state index in [1.807, 2.05) is 24.3 Å². The van der Waals surface area contributed by atoms with Crippen molar-refractivity contribution >= 4 is 15.9 Å². The fourth-order valence-corrected chi connectivity index (χ4v) is 5.74. The number of nitrogens with zero attached hydrogens (tertiary/aromatic N) is 5. The van der Waals surface area contributed by atoms with Crippen molar-refractivity contribution in [2.75, 3.05) is 26.2 Å². The Kier molecular flexibility index (Phi) is 5.07. The van der Waals surface area contributed by atoms with Gasteiger partial charge in [0, 0.05) is 31.7 Å². The maximum absolute atomic E-state index is 13.1. The number of rotatable bonds is 4. The van der Waals surface area contributed by atoms with E-state index in [1.54, 1.807) is 34.1 Å². The highest BCUT2D eigenvalue weighted by Gasteiger charge is 2.31. The summed E-state index contributed by atoms with van der Waals surface area (Å²) < 4.78 is 29.3. The Bertz CT molecular complexity index is 1200. The SMILES string of the molecule is O=C(c1ccc(-n2cncn2)cc1)N1CCN(S(=O)(=O)c2ccc3c(c2)CCC3)CC1. The summed E-state index contributed by atoms with van der Waals surface area (Å²) in [5, 5.41) is 4.07. The summed E-state index contributed by atoms with van der Waals surface area (Å²) in [4.78, 5) is 18.9. The van der Waals surface area contributed by atoms with Crippen molar-refractivity contribution in [1.82, 2.24) is 24.0 Å². The number of benzene rings is 2. The first kappa shape index (κ1) is 19.9. The van der Waals surface area contributed by atoms with Gasteiger partial charge in [-0.3, -0.25) is 4.79 Å². The molecule has 5 rings (SSSR count). The molecule has 3 aromatic rings. The van der Waals surface area contributed by atoms with Crippen LogP contribution in [0.25, 0.3) is 5.69 Å². The Morgan fingerprint density at radius 1 is 0.903 bits per heavy atom. The number of piperazine rings is 1. The zero-order chi connectivity index (χ0) is 21.4. The van der Waals surface area contributed by atoms with Gasteiger partial charge in [0.2, 0.25) is 10.0 Å². The minimum Gasteiger partial charge on any atom is -0.336 e. The Morgan fingerprint density at radius 2 is 1.65 bits per heavy atom. The second-order valence-corrected chi connectivity index (χ2v) is 9.81. The molecule has 2 heterocycles. The molecule has 1 aromatic heterocycles. The monoisotopic (exact) mass is 437 g/mol. The van der Waals surface area contributed by atoms with Gasteiger partial charge in [0.1, 0.15) is 12.7 Å². The average molecular weight is 438 g/mol. The van der Waals surface area contributed by atoms with Gasteiger partial charge < -0.3 is 4.90 Å². The first-order chi connectivity index (χ1) is 15.0. The number of aryl methyl sites for hydroxylation is 2. The van der Waals surface area contributed by atoms with Crippen LogP contribution in [-0.2, 0) is 22.9 Å². The minimum atomic E-state index is -3.55. The molecule has 0 unspecified atom stereocenters. The summed E-state index contributed by atoms with van der Waals surface area (Å²) in [5.41, 5.74) is 3.78. The quantitative estimate of drug-likeness (QED) is 0.622. The van der Waals surface area contributed by atoms with Crippen LogP contribution in [0, 0.1) is 0 Å². The lowest BCUT2D eigenvalue weighted by atomic mass is 10.1. The van der Waals surface area contributed by atoms with Gasteiger partial charge in [-0.15, -0.1) is 0 Å². The van der Waals surface area contributed by atoms with Crippen LogP contribution in [0.3, 0.4) is 0 Å². The van der Waals surface area contributed by atoms with Crippen molar-refractivity contribution in [2.45, 2.75) is 24.2 Å². The van der Waals surface area contributed by atoms with Crippen LogP contribution in [-0.4, -0.2) is 64.5 Å². The minimum absolute atomic E-state index is 0.0975. The molecular weight excluding hydrogens is 414 g/mol. The van der Waals surface area contributed by atoms with Crippen molar-refractivity contribution in [3.8, 4) is 5.69 Å². The molecule has 1 aliphatic heterocycles. The van der Waals surface area contributed by atoms with Crippen LogP contribution in [0.4, 0.5) is 0 Å². The number of carbonyl (C=O) groups is 1. The average Bonchev–Trinajstić information content (AvgIpc) is 3.50. The molecule has 1 fully saturated rings. The maximum atomic E-state index is 13.1. The topological polar surface area (TPSA) is 88.4 Å². The van der Waals surface area contributed by atoms with Gasteiger partial charge in [0.25, 0.3) is 5.91 Å². The fourth-order valence-electron chi connectivity index (χ4n) is 4.27. The van der Waals surface area contributed by atoms with Gasteiger partial charge in [0.15, 0.2) is 0 Å². The number of fused-ring (bicyclic) bond motifs is 1. The highest BCUT2D eigenvalue weighted by atomic mass is 32.2. The smallest absolute Gasteiger partial charge is 0.253 e. The standard InChI is InChI=1S/C22H23N5O3S/c28-22(18-4-7-20(8-5-18)27-16-23-15-24-27)25-10-12-26(13-11-25)31(29,30)21-9-6-17-2-1-3-19(17)14-21/h4-9,14-16H,1-3,10-13H2. The molecule has 160 valence electrons. The second-order valence-electron chi connectivity index (χ2n) is 7.87. The van der Waals surface area contributed by atoms with Crippen LogP contribution in [0.15, 0.2) is 60.0 Å². The molecule has 2 aromatic carbocycles. The van der Waals surface area contributed by atoms with E-state index < -0.39 is 10.0 Å².